The minimum absolute atomic E-state index is 0. The van der Waals surface area contributed by atoms with Gasteiger partial charge in [0.15, 0.2) is 5.96 Å². The summed E-state index contributed by atoms with van der Waals surface area (Å²) in [6.45, 7) is 7.58. The molecular weight excluding hydrogens is 453 g/mol. The summed E-state index contributed by atoms with van der Waals surface area (Å²) in [5, 5.41) is 11.1. The number of halogens is 1. The first kappa shape index (κ1) is 23.4. The molecule has 0 bridgehead atoms. The molecule has 0 saturated carbocycles. The summed E-state index contributed by atoms with van der Waals surface area (Å²) in [7, 11) is 1.79. The van der Waals surface area contributed by atoms with Crippen molar-refractivity contribution in [3.63, 3.8) is 0 Å². The number of para-hydroxylation sites is 1. The standard InChI is InChI=1S/C20H31N5O.HI/c1-17(2)16-26-13-7-11-22-20(21-3)23-12-10-18-14-24-25(15-18)19-8-5-4-6-9-19;/h4-6,8-9,14-15,17H,7,10-13,16H2,1-3H3,(H2,21,22,23);1H. The van der Waals surface area contributed by atoms with Crippen LogP contribution in [0.1, 0.15) is 25.8 Å². The number of benzene rings is 1. The Kier molecular flexibility index (Phi) is 11.8. The van der Waals surface area contributed by atoms with Crippen molar-refractivity contribution in [2.75, 3.05) is 33.4 Å². The third kappa shape index (κ3) is 9.23. The molecule has 0 amide bonds. The first-order valence-electron chi connectivity index (χ1n) is 9.30. The van der Waals surface area contributed by atoms with Gasteiger partial charge < -0.3 is 15.4 Å². The van der Waals surface area contributed by atoms with Crippen molar-refractivity contribution < 1.29 is 4.74 Å². The molecule has 0 spiro atoms. The van der Waals surface area contributed by atoms with E-state index < -0.39 is 0 Å². The monoisotopic (exact) mass is 485 g/mol. The number of ether oxygens (including phenoxy) is 1. The minimum Gasteiger partial charge on any atom is -0.381 e. The molecule has 27 heavy (non-hydrogen) atoms. The smallest absolute Gasteiger partial charge is 0.190 e. The van der Waals surface area contributed by atoms with Crippen LogP contribution in [0.4, 0.5) is 0 Å². The van der Waals surface area contributed by atoms with Gasteiger partial charge in [0.05, 0.1) is 11.9 Å². The van der Waals surface area contributed by atoms with Crippen LogP contribution in [0, 0.1) is 5.92 Å². The zero-order valence-corrected chi connectivity index (χ0v) is 18.8. The van der Waals surface area contributed by atoms with E-state index in [0.717, 1.165) is 50.8 Å². The molecule has 0 fully saturated rings. The third-order valence-corrected chi connectivity index (χ3v) is 3.80. The normalized spacial score (nSPS) is 11.3. The number of nitrogens with one attached hydrogen (secondary N) is 2. The Morgan fingerprint density at radius 3 is 2.63 bits per heavy atom. The van der Waals surface area contributed by atoms with Crippen LogP contribution >= 0.6 is 24.0 Å². The van der Waals surface area contributed by atoms with E-state index in [9.17, 15) is 0 Å². The molecule has 2 rings (SSSR count). The van der Waals surface area contributed by atoms with E-state index in [2.05, 4.69) is 40.8 Å². The van der Waals surface area contributed by atoms with Gasteiger partial charge in [-0.05, 0) is 36.5 Å². The van der Waals surface area contributed by atoms with Crippen molar-refractivity contribution in [1.82, 2.24) is 20.4 Å². The maximum atomic E-state index is 5.58. The van der Waals surface area contributed by atoms with Crippen molar-refractivity contribution in [3.8, 4) is 5.69 Å². The molecule has 0 unspecified atom stereocenters. The quantitative estimate of drug-likeness (QED) is 0.235. The molecule has 0 aliphatic carbocycles. The third-order valence-electron chi connectivity index (χ3n) is 3.80. The molecular formula is C20H32IN5O. The Balaban J connectivity index is 0.00000364. The van der Waals surface area contributed by atoms with Crippen LogP contribution in [0.3, 0.4) is 0 Å². The number of rotatable bonds is 10. The summed E-state index contributed by atoms with van der Waals surface area (Å²) in [6, 6.07) is 10.1. The highest BCUT2D eigenvalue weighted by molar-refractivity contribution is 14.0. The zero-order valence-electron chi connectivity index (χ0n) is 16.5. The van der Waals surface area contributed by atoms with Crippen LogP contribution in [0.25, 0.3) is 5.69 Å². The molecule has 0 aliphatic heterocycles. The largest absolute Gasteiger partial charge is 0.381 e. The van der Waals surface area contributed by atoms with Crippen molar-refractivity contribution >= 4 is 29.9 Å². The average molecular weight is 485 g/mol. The van der Waals surface area contributed by atoms with Crippen LogP contribution in [0.15, 0.2) is 47.7 Å². The number of aliphatic imine (C=N–C) groups is 1. The van der Waals surface area contributed by atoms with Gasteiger partial charge in [-0.15, -0.1) is 24.0 Å². The summed E-state index contributed by atoms with van der Waals surface area (Å²) in [5.74, 6) is 1.41. The first-order valence-corrected chi connectivity index (χ1v) is 9.30. The van der Waals surface area contributed by atoms with Crippen molar-refractivity contribution in [2.45, 2.75) is 26.7 Å². The van der Waals surface area contributed by atoms with Crippen LogP contribution in [-0.4, -0.2) is 49.1 Å². The zero-order chi connectivity index (χ0) is 18.6. The molecule has 0 radical (unpaired) electrons. The number of aromatic nitrogens is 2. The molecule has 7 heteroatoms. The van der Waals surface area contributed by atoms with E-state index in [1.807, 2.05) is 41.2 Å². The molecule has 2 aromatic rings. The van der Waals surface area contributed by atoms with E-state index in [4.69, 9.17) is 4.74 Å². The lowest BCUT2D eigenvalue weighted by Gasteiger charge is -2.12. The average Bonchev–Trinajstić information content (AvgIpc) is 3.12. The highest BCUT2D eigenvalue weighted by Gasteiger charge is 2.02. The lowest BCUT2D eigenvalue weighted by Crippen LogP contribution is -2.39. The second kappa shape index (κ2) is 13.5. The summed E-state index contributed by atoms with van der Waals surface area (Å²) in [4.78, 5) is 4.25. The topological polar surface area (TPSA) is 63.5 Å². The number of hydrogen-bond acceptors (Lipinski definition) is 3. The molecule has 6 nitrogen and oxygen atoms in total. The van der Waals surface area contributed by atoms with Crippen molar-refractivity contribution in [2.24, 2.45) is 10.9 Å². The van der Waals surface area contributed by atoms with E-state index in [1.54, 1.807) is 7.05 Å². The van der Waals surface area contributed by atoms with E-state index in [0.29, 0.717) is 5.92 Å². The van der Waals surface area contributed by atoms with Gasteiger partial charge in [0.2, 0.25) is 0 Å². The Morgan fingerprint density at radius 2 is 1.93 bits per heavy atom. The summed E-state index contributed by atoms with van der Waals surface area (Å²) >= 11 is 0. The van der Waals surface area contributed by atoms with Crippen LogP contribution in [0.5, 0.6) is 0 Å². The number of hydrogen-bond donors (Lipinski definition) is 2. The van der Waals surface area contributed by atoms with Gasteiger partial charge in [-0.3, -0.25) is 4.99 Å². The molecule has 0 aliphatic rings. The number of nitrogens with zero attached hydrogens (tertiary/aromatic N) is 3. The summed E-state index contributed by atoms with van der Waals surface area (Å²) in [6.07, 6.45) is 5.85. The van der Waals surface area contributed by atoms with Gasteiger partial charge in [-0.2, -0.15) is 5.10 Å². The lowest BCUT2D eigenvalue weighted by atomic mass is 10.2. The fourth-order valence-corrected chi connectivity index (χ4v) is 2.46. The van der Waals surface area contributed by atoms with Crippen molar-refractivity contribution in [1.29, 1.82) is 0 Å². The van der Waals surface area contributed by atoms with Gasteiger partial charge in [-0.25, -0.2) is 4.68 Å². The maximum Gasteiger partial charge on any atom is 0.190 e. The maximum absolute atomic E-state index is 5.58. The highest BCUT2D eigenvalue weighted by Crippen LogP contribution is 2.07. The van der Waals surface area contributed by atoms with Gasteiger partial charge in [0, 0.05) is 39.5 Å². The highest BCUT2D eigenvalue weighted by atomic mass is 127. The molecule has 150 valence electrons. The van der Waals surface area contributed by atoms with Crippen LogP contribution in [0.2, 0.25) is 0 Å². The van der Waals surface area contributed by atoms with Gasteiger partial charge in [0.25, 0.3) is 0 Å². The Morgan fingerprint density at radius 1 is 1.19 bits per heavy atom. The molecule has 2 N–H and O–H groups in total. The Labute approximate surface area is 179 Å². The molecule has 1 heterocycles. The molecule has 1 aromatic heterocycles. The molecule has 1 aromatic carbocycles. The SMILES string of the molecule is CN=C(NCCCOCC(C)C)NCCc1cnn(-c2ccccc2)c1.I. The Hall–Kier alpha value is -1.61. The minimum atomic E-state index is 0. The van der Waals surface area contributed by atoms with Gasteiger partial charge in [-0.1, -0.05) is 32.0 Å². The van der Waals surface area contributed by atoms with E-state index in [1.165, 1.54) is 5.56 Å². The fraction of sp³-hybridized carbons (Fsp3) is 0.500. The predicted octanol–water partition coefficient (Wildman–Crippen LogP) is 3.26. The molecule has 0 atom stereocenters. The first-order chi connectivity index (χ1) is 12.7. The van der Waals surface area contributed by atoms with Gasteiger partial charge >= 0.3 is 0 Å². The summed E-state index contributed by atoms with van der Waals surface area (Å²) in [5.41, 5.74) is 2.27. The van der Waals surface area contributed by atoms with E-state index >= 15 is 0 Å². The van der Waals surface area contributed by atoms with Gasteiger partial charge in [0.1, 0.15) is 0 Å². The molecule has 0 saturated heterocycles. The van der Waals surface area contributed by atoms with E-state index in [-0.39, 0.29) is 24.0 Å². The van der Waals surface area contributed by atoms with Crippen molar-refractivity contribution in [3.05, 3.63) is 48.3 Å². The summed E-state index contributed by atoms with van der Waals surface area (Å²) < 4.78 is 7.48. The van der Waals surface area contributed by atoms with Crippen LogP contribution < -0.4 is 10.6 Å². The number of guanidine groups is 1. The Bertz CT molecular complexity index is 657. The van der Waals surface area contributed by atoms with Crippen LogP contribution in [-0.2, 0) is 11.2 Å². The second-order valence-corrected chi connectivity index (χ2v) is 6.63. The lowest BCUT2D eigenvalue weighted by molar-refractivity contribution is 0.108. The second-order valence-electron chi connectivity index (χ2n) is 6.63. The predicted molar refractivity (Wildman–Crippen MR) is 122 cm³/mol. The fourth-order valence-electron chi connectivity index (χ4n) is 2.46.